The highest BCUT2D eigenvalue weighted by atomic mass is 79.9. The number of rotatable bonds is 12. The van der Waals surface area contributed by atoms with Crippen LogP contribution in [0.4, 0.5) is 5.69 Å². The van der Waals surface area contributed by atoms with E-state index in [9.17, 15) is 9.59 Å². The SMILES string of the molecule is C.CCN(Cc1cc(C(=O)OCCCCCOC(C)=O)cc(Br)c1N)C1CCCCC1.COc1ccc2ccccc2c1. The molecule has 2 N–H and O–H groups in total. The number of methoxy groups -OCH3 is 1. The monoisotopic (exact) mass is 656 g/mol. The maximum Gasteiger partial charge on any atom is 0.338 e. The van der Waals surface area contributed by atoms with E-state index in [2.05, 4.69) is 46.0 Å². The molecule has 43 heavy (non-hydrogen) atoms. The predicted molar refractivity (Wildman–Crippen MR) is 180 cm³/mol. The van der Waals surface area contributed by atoms with Gasteiger partial charge in [-0.2, -0.15) is 0 Å². The lowest BCUT2D eigenvalue weighted by atomic mass is 9.93. The first-order valence-corrected chi connectivity index (χ1v) is 15.8. The van der Waals surface area contributed by atoms with Crippen molar-refractivity contribution in [2.45, 2.75) is 85.2 Å². The highest BCUT2D eigenvalue weighted by molar-refractivity contribution is 9.10. The molecule has 0 aliphatic heterocycles. The summed E-state index contributed by atoms with van der Waals surface area (Å²) in [6, 6.07) is 18.5. The Morgan fingerprint density at radius 2 is 1.60 bits per heavy atom. The van der Waals surface area contributed by atoms with Crippen molar-refractivity contribution in [3.05, 3.63) is 70.2 Å². The highest BCUT2D eigenvalue weighted by Gasteiger charge is 2.22. The van der Waals surface area contributed by atoms with Crippen LogP contribution in [0.3, 0.4) is 0 Å². The molecule has 1 aliphatic rings. The van der Waals surface area contributed by atoms with Crippen LogP contribution in [-0.4, -0.2) is 49.7 Å². The molecule has 0 aromatic heterocycles. The molecule has 0 unspecified atom stereocenters. The Morgan fingerprint density at radius 1 is 0.930 bits per heavy atom. The number of carbonyl (C=O) groups is 2. The Balaban J connectivity index is 0.000000411. The van der Waals surface area contributed by atoms with Crippen LogP contribution in [0.25, 0.3) is 10.8 Å². The van der Waals surface area contributed by atoms with Crippen LogP contribution in [0.2, 0.25) is 0 Å². The van der Waals surface area contributed by atoms with Crippen LogP contribution in [0.1, 0.15) is 88.6 Å². The van der Waals surface area contributed by atoms with Gasteiger partial charge in [0.1, 0.15) is 5.75 Å². The van der Waals surface area contributed by atoms with Gasteiger partial charge in [-0.25, -0.2) is 4.79 Å². The molecular formula is C35H49BrN2O5. The fourth-order valence-electron chi connectivity index (χ4n) is 5.23. The number of nitrogens with zero attached hydrogens (tertiary/aromatic N) is 1. The third kappa shape index (κ3) is 11.8. The van der Waals surface area contributed by atoms with Gasteiger partial charge in [-0.05, 0) is 95.2 Å². The second-order valence-electron chi connectivity index (χ2n) is 10.6. The molecule has 1 aliphatic carbocycles. The van der Waals surface area contributed by atoms with Crippen molar-refractivity contribution in [2.24, 2.45) is 0 Å². The summed E-state index contributed by atoms with van der Waals surface area (Å²) in [5.41, 5.74) is 8.48. The first-order chi connectivity index (χ1) is 20.3. The molecule has 4 rings (SSSR count). The fourth-order valence-corrected chi connectivity index (χ4v) is 5.73. The lowest BCUT2D eigenvalue weighted by Gasteiger charge is -2.34. The van der Waals surface area contributed by atoms with E-state index in [0.29, 0.717) is 30.5 Å². The molecule has 3 aromatic rings. The third-order valence-corrected chi connectivity index (χ3v) is 8.26. The highest BCUT2D eigenvalue weighted by Crippen LogP contribution is 2.30. The summed E-state index contributed by atoms with van der Waals surface area (Å²) in [6.45, 7) is 6.04. The minimum absolute atomic E-state index is 0. The van der Waals surface area contributed by atoms with E-state index in [4.69, 9.17) is 19.9 Å². The van der Waals surface area contributed by atoms with Gasteiger partial charge in [-0.15, -0.1) is 0 Å². The molecule has 0 amide bonds. The van der Waals surface area contributed by atoms with Gasteiger partial charge in [-0.1, -0.05) is 63.9 Å². The van der Waals surface area contributed by atoms with E-state index >= 15 is 0 Å². The minimum Gasteiger partial charge on any atom is -0.497 e. The number of esters is 2. The molecule has 0 radical (unpaired) electrons. The molecule has 0 atom stereocenters. The van der Waals surface area contributed by atoms with Crippen molar-refractivity contribution in [3.63, 3.8) is 0 Å². The van der Waals surface area contributed by atoms with Crippen LogP contribution in [-0.2, 0) is 20.8 Å². The Bertz CT molecular complexity index is 1290. The van der Waals surface area contributed by atoms with Crippen LogP contribution in [0.5, 0.6) is 5.75 Å². The van der Waals surface area contributed by atoms with Crippen LogP contribution in [0, 0.1) is 0 Å². The lowest BCUT2D eigenvalue weighted by molar-refractivity contribution is -0.141. The number of nitrogen functional groups attached to an aromatic ring is 1. The molecule has 0 spiro atoms. The number of carbonyl (C=O) groups excluding carboxylic acids is 2. The Hall–Kier alpha value is -3.10. The number of anilines is 1. The normalized spacial score (nSPS) is 13.0. The zero-order valence-corrected chi connectivity index (χ0v) is 26.8. The van der Waals surface area contributed by atoms with E-state index in [1.54, 1.807) is 13.2 Å². The molecule has 8 heteroatoms. The fraction of sp³-hybridized carbons (Fsp3) is 0.486. The minimum atomic E-state index is -0.336. The van der Waals surface area contributed by atoms with Crippen molar-refractivity contribution in [1.82, 2.24) is 4.90 Å². The Labute approximate surface area is 266 Å². The van der Waals surface area contributed by atoms with Gasteiger partial charge in [0, 0.05) is 24.0 Å². The van der Waals surface area contributed by atoms with Crippen molar-refractivity contribution in [3.8, 4) is 5.75 Å². The van der Waals surface area contributed by atoms with E-state index in [1.165, 1.54) is 49.8 Å². The first kappa shape index (κ1) is 36.1. The van der Waals surface area contributed by atoms with E-state index in [-0.39, 0.29) is 19.4 Å². The van der Waals surface area contributed by atoms with Crippen molar-refractivity contribution in [1.29, 1.82) is 0 Å². The molecule has 0 saturated heterocycles. The molecule has 236 valence electrons. The summed E-state index contributed by atoms with van der Waals surface area (Å²) >= 11 is 3.50. The average Bonchev–Trinajstić information content (AvgIpc) is 3.01. The van der Waals surface area contributed by atoms with Gasteiger partial charge in [0.2, 0.25) is 0 Å². The summed E-state index contributed by atoms with van der Waals surface area (Å²) in [4.78, 5) is 25.7. The van der Waals surface area contributed by atoms with Crippen LogP contribution in [0.15, 0.2) is 59.1 Å². The summed E-state index contributed by atoms with van der Waals surface area (Å²) in [5.74, 6) is 0.308. The van der Waals surface area contributed by atoms with Crippen LogP contribution < -0.4 is 10.5 Å². The van der Waals surface area contributed by atoms with Gasteiger partial charge < -0.3 is 19.9 Å². The Kier molecular flexibility index (Phi) is 16.1. The summed E-state index contributed by atoms with van der Waals surface area (Å²) < 4.78 is 16.2. The summed E-state index contributed by atoms with van der Waals surface area (Å²) in [6.07, 6.45) is 8.70. The van der Waals surface area contributed by atoms with Crippen molar-refractivity contribution < 1.29 is 23.8 Å². The number of fused-ring (bicyclic) bond motifs is 1. The first-order valence-electron chi connectivity index (χ1n) is 15.0. The molecule has 7 nitrogen and oxygen atoms in total. The van der Waals surface area contributed by atoms with Crippen molar-refractivity contribution in [2.75, 3.05) is 32.6 Å². The second kappa shape index (κ2) is 19.2. The predicted octanol–water partition coefficient (Wildman–Crippen LogP) is 8.56. The Morgan fingerprint density at radius 3 is 2.26 bits per heavy atom. The van der Waals surface area contributed by atoms with Gasteiger partial charge in [0.25, 0.3) is 0 Å². The number of unbranched alkanes of at least 4 members (excludes halogenated alkanes) is 2. The average molecular weight is 658 g/mol. The standard InChI is InChI=1S/C23H35BrN2O4.C11H10O.CH4/c1-3-26(20-10-6-4-7-11-20)16-19-14-18(15-21(24)22(19)25)23(28)30-13-9-5-8-12-29-17(2)27;1-12-11-7-6-9-4-2-3-5-10(9)8-11;/h14-15,20H,3-13,16,25H2,1-2H3;2-8H,1H3;1H4. The zero-order chi connectivity index (χ0) is 30.3. The topological polar surface area (TPSA) is 91.1 Å². The number of hydrogen-bond donors (Lipinski definition) is 1. The number of ether oxygens (including phenoxy) is 3. The largest absolute Gasteiger partial charge is 0.497 e. The quantitative estimate of drug-likeness (QED) is 0.119. The molecule has 3 aromatic carbocycles. The number of nitrogens with two attached hydrogens (primary N) is 1. The summed E-state index contributed by atoms with van der Waals surface area (Å²) in [5, 5.41) is 2.47. The third-order valence-electron chi connectivity index (χ3n) is 7.61. The molecular weight excluding hydrogens is 608 g/mol. The zero-order valence-electron chi connectivity index (χ0n) is 25.2. The number of hydrogen-bond acceptors (Lipinski definition) is 7. The molecule has 0 heterocycles. The second-order valence-corrected chi connectivity index (χ2v) is 11.5. The van der Waals surface area contributed by atoms with Crippen LogP contribution >= 0.6 is 15.9 Å². The number of benzene rings is 3. The van der Waals surface area contributed by atoms with Crippen molar-refractivity contribution >= 4 is 44.3 Å². The van der Waals surface area contributed by atoms with Gasteiger partial charge in [0.15, 0.2) is 0 Å². The number of halogens is 1. The maximum atomic E-state index is 12.5. The molecule has 1 fully saturated rings. The lowest BCUT2D eigenvalue weighted by Crippen LogP contribution is -2.36. The maximum absolute atomic E-state index is 12.5. The van der Waals surface area contributed by atoms with Gasteiger partial charge in [-0.3, -0.25) is 9.69 Å². The van der Waals surface area contributed by atoms with Gasteiger partial charge in [0.05, 0.1) is 31.6 Å². The molecule has 1 saturated carbocycles. The van der Waals surface area contributed by atoms with E-state index < -0.39 is 0 Å². The smallest absolute Gasteiger partial charge is 0.338 e. The summed E-state index contributed by atoms with van der Waals surface area (Å²) in [7, 11) is 1.68. The molecule has 0 bridgehead atoms. The van der Waals surface area contributed by atoms with Gasteiger partial charge >= 0.3 is 11.9 Å². The van der Waals surface area contributed by atoms with E-state index in [0.717, 1.165) is 48.1 Å². The van der Waals surface area contributed by atoms with E-state index in [1.807, 2.05) is 30.3 Å².